The van der Waals surface area contributed by atoms with Gasteiger partial charge in [0.1, 0.15) is 0 Å². The minimum Gasteiger partial charge on any atom is -0.396 e. The van der Waals surface area contributed by atoms with Crippen molar-refractivity contribution in [1.82, 2.24) is 10.2 Å². The molecule has 0 radical (unpaired) electrons. The van der Waals surface area contributed by atoms with Crippen LogP contribution in [0.1, 0.15) is 50.5 Å². The maximum atomic E-state index is 12.6. The van der Waals surface area contributed by atoms with Crippen LogP contribution in [0, 0.1) is 11.3 Å². The van der Waals surface area contributed by atoms with E-state index in [9.17, 15) is 9.90 Å². The van der Waals surface area contributed by atoms with Gasteiger partial charge < -0.3 is 15.3 Å². The van der Waals surface area contributed by atoms with E-state index in [4.69, 9.17) is 0 Å². The molecule has 0 atom stereocenters. The van der Waals surface area contributed by atoms with E-state index < -0.39 is 0 Å². The van der Waals surface area contributed by atoms with Crippen molar-refractivity contribution >= 4 is 6.03 Å². The van der Waals surface area contributed by atoms with Crippen molar-refractivity contribution in [2.45, 2.75) is 57.4 Å². The fourth-order valence-corrected chi connectivity index (χ4v) is 4.39. The lowest BCUT2D eigenvalue weighted by Crippen LogP contribution is -2.50. The number of rotatable bonds is 6. The summed E-state index contributed by atoms with van der Waals surface area (Å²) in [5.74, 6) is 0.428. The SMILES string of the molecule is CN(C(=O)NCC1(Cc2ccccc2)CCC1)C1CCC(CO)CC1. The smallest absolute Gasteiger partial charge is 0.317 e. The largest absolute Gasteiger partial charge is 0.396 e. The van der Waals surface area contributed by atoms with Gasteiger partial charge >= 0.3 is 6.03 Å². The number of hydrogen-bond acceptors (Lipinski definition) is 2. The average Bonchev–Trinajstić information content (AvgIpc) is 2.63. The zero-order chi connectivity index (χ0) is 17.7. The number of aliphatic hydroxyl groups is 1. The van der Waals surface area contributed by atoms with Crippen molar-refractivity contribution in [2.24, 2.45) is 11.3 Å². The fraction of sp³-hybridized carbons (Fsp3) is 0.667. The number of amides is 2. The van der Waals surface area contributed by atoms with Gasteiger partial charge in [0, 0.05) is 26.2 Å². The second-order valence-electron chi connectivity index (χ2n) is 8.14. The van der Waals surface area contributed by atoms with Crippen LogP contribution in [0.25, 0.3) is 0 Å². The summed E-state index contributed by atoms with van der Waals surface area (Å²) in [6.07, 6.45) is 8.78. The molecule has 1 aromatic rings. The van der Waals surface area contributed by atoms with E-state index in [0.717, 1.165) is 38.6 Å². The number of hydrogen-bond donors (Lipinski definition) is 2. The van der Waals surface area contributed by atoms with Crippen molar-refractivity contribution in [3.63, 3.8) is 0 Å². The molecule has 25 heavy (non-hydrogen) atoms. The van der Waals surface area contributed by atoms with Crippen LogP contribution in [0.2, 0.25) is 0 Å². The molecular formula is C21H32N2O2. The third-order valence-corrected chi connectivity index (χ3v) is 6.39. The molecule has 0 heterocycles. The fourth-order valence-electron chi connectivity index (χ4n) is 4.39. The summed E-state index contributed by atoms with van der Waals surface area (Å²) in [4.78, 5) is 14.5. The number of nitrogens with zero attached hydrogens (tertiary/aromatic N) is 1. The Hall–Kier alpha value is -1.55. The highest BCUT2D eigenvalue weighted by atomic mass is 16.3. The van der Waals surface area contributed by atoms with Crippen molar-refractivity contribution in [3.05, 3.63) is 35.9 Å². The molecule has 2 fully saturated rings. The Morgan fingerprint density at radius 2 is 1.88 bits per heavy atom. The van der Waals surface area contributed by atoms with Gasteiger partial charge in [-0.15, -0.1) is 0 Å². The summed E-state index contributed by atoms with van der Waals surface area (Å²) < 4.78 is 0. The number of aliphatic hydroxyl groups excluding tert-OH is 1. The van der Waals surface area contributed by atoms with Crippen molar-refractivity contribution < 1.29 is 9.90 Å². The number of carbonyl (C=O) groups is 1. The topological polar surface area (TPSA) is 52.6 Å². The summed E-state index contributed by atoms with van der Waals surface area (Å²) >= 11 is 0. The van der Waals surface area contributed by atoms with Gasteiger partial charge in [-0.2, -0.15) is 0 Å². The van der Waals surface area contributed by atoms with Crippen molar-refractivity contribution in [3.8, 4) is 0 Å². The molecule has 0 saturated heterocycles. The Labute approximate surface area is 151 Å². The minimum atomic E-state index is 0.0618. The van der Waals surface area contributed by atoms with Crippen molar-refractivity contribution in [1.29, 1.82) is 0 Å². The summed E-state index contributed by atoms with van der Waals surface area (Å²) in [6.45, 7) is 1.06. The van der Waals surface area contributed by atoms with Gasteiger partial charge in [0.05, 0.1) is 0 Å². The van der Waals surface area contributed by atoms with Crippen LogP contribution in [0.4, 0.5) is 4.79 Å². The van der Waals surface area contributed by atoms with Gasteiger partial charge in [-0.25, -0.2) is 4.79 Å². The predicted molar refractivity (Wildman–Crippen MR) is 100 cm³/mol. The van der Waals surface area contributed by atoms with Gasteiger partial charge in [0.2, 0.25) is 0 Å². The Balaban J connectivity index is 1.49. The quantitative estimate of drug-likeness (QED) is 0.828. The van der Waals surface area contributed by atoms with E-state index in [2.05, 4.69) is 35.6 Å². The zero-order valence-electron chi connectivity index (χ0n) is 15.4. The number of benzene rings is 1. The zero-order valence-corrected chi connectivity index (χ0v) is 15.4. The molecule has 0 aliphatic heterocycles. The Bertz CT molecular complexity index is 548. The summed E-state index contributed by atoms with van der Waals surface area (Å²) in [5, 5.41) is 12.5. The highest BCUT2D eigenvalue weighted by Crippen LogP contribution is 2.43. The Morgan fingerprint density at radius 1 is 1.20 bits per heavy atom. The average molecular weight is 344 g/mol. The lowest BCUT2D eigenvalue weighted by molar-refractivity contribution is 0.114. The van der Waals surface area contributed by atoms with Crippen LogP contribution < -0.4 is 5.32 Å². The first-order valence-electron chi connectivity index (χ1n) is 9.77. The predicted octanol–water partition coefficient (Wildman–Crippen LogP) is 3.59. The van der Waals surface area contributed by atoms with Gasteiger partial charge in [-0.1, -0.05) is 36.8 Å². The summed E-state index contributed by atoms with van der Waals surface area (Å²) in [5.41, 5.74) is 1.61. The molecule has 4 nitrogen and oxygen atoms in total. The molecule has 4 heteroatoms. The molecule has 2 aliphatic carbocycles. The molecule has 0 bridgehead atoms. The van der Waals surface area contributed by atoms with E-state index in [0.29, 0.717) is 12.0 Å². The van der Waals surface area contributed by atoms with Crippen LogP contribution in [0.5, 0.6) is 0 Å². The molecule has 0 unspecified atom stereocenters. The van der Waals surface area contributed by atoms with Gasteiger partial charge in [0.25, 0.3) is 0 Å². The molecular weight excluding hydrogens is 312 g/mol. The standard InChI is InChI=1S/C21H32N2O2/c1-23(19-10-8-18(15-24)9-11-19)20(25)22-16-21(12-5-13-21)14-17-6-3-2-4-7-17/h2-4,6-7,18-19,24H,5,8-16H2,1H3,(H,22,25). The molecule has 2 aliphatic rings. The highest BCUT2D eigenvalue weighted by Gasteiger charge is 2.37. The number of urea groups is 1. The number of carbonyl (C=O) groups excluding carboxylic acids is 1. The molecule has 2 N–H and O–H groups in total. The van der Waals surface area contributed by atoms with Gasteiger partial charge in [-0.05, 0) is 61.8 Å². The summed E-state index contributed by atoms with van der Waals surface area (Å²) in [7, 11) is 1.92. The van der Waals surface area contributed by atoms with Crippen LogP contribution in [0.15, 0.2) is 30.3 Å². The minimum absolute atomic E-state index is 0.0618. The van der Waals surface area contributed by atoms with E-state index in [1.807, 2.05) is 11.9 Å². The van der Waals surface area contributed by atoms with Gasteiger partial charge in [0.15, 0.2) is 0 Å². The first kappa shape index (κ1) is 18.2. The molecule has 0 aromatic heterocycles. The van der Waals surface area contributed by atoms with Crippen LogP contribution in [0.3, 0.4) is 0 Å². The lowest BCUT2D eigenvalue weighted by atomic mass is 9.65. The van der Waals surface area contributed by atoms with Crippen molar-refractivity contribution in [2.75, 3.05) is 20.2 Å². The first-order chi connectivity index (χ1) is 12.1. The van der Waals surface area contributed by atoms with Crippen LogP contribution in [-0.4, -0.2) is 42.3 Å². The van der Waals surface area contributed by atoms with E-state index >= 15 is 0 Å². The van der Waals surface area contributed by atoms with E-state index in [-0.39, 0.29) is 18.1 Å². The normalized spacial score (nSPS) is 25.0. The lowest BCUT2D eigenvalue weighted by Gasteiger charge is -2.43. The second-order valence-corrected chi connectivity index (χ2v) is 8.14. The highest BCUT2D eigenvalue weighted by molar-refractivity contribution is 5.74. The molecule has 2 amide bonds. The summed E-state index contributed by atoms with van der Waals surface area (Å²) in [6, 6.07) is 11.0. The molecule has 1 aromatic carbocycles. The van der Waals surface area contributed by atoms with Crippen LogP contribution in [-0.2, 0) is 6.42 Å². The first-order valence-corrected chi connectivity index (χ1v) is 9.77. The molecule has 3 rings (SSSR count). The Morgan fingerprint density at radius 3 is 2.44 bits per heavy atom. The Kier molecular flexibility index (Phi) is 6.00. The third kappa shape index (κ3) is 4.55. The second kappa shape index (κ2) is 8.22. The van der Waals surface area contributed by atoms with Gasteiger partial charge in [-0.3, -0.25) is 0 Å². The van der Waals surface area contributed by atoms with E-state index in [1.165, 1.54) is 24.8 Å². The molecule has 2 saturated carbocycles. The van der Waals surface area contributed by atoms with E-state index in [1.54, 1.807) is 0 Å². The maximum Gasteiger partial charge on any atom is 0.317 e. The third-order valence-electron chi connectivity index (χ3n) is 6.39. The number of nitrogens with one attached hydrogen (secondary N) is 1. The molecule has 138 valence electrons. The maximum absolute atomic E-state index is 12.6. The monoisotopic (exact) mass is 344 g/mol. The van der Waals surface area contributed by atoms with Crippen LogP contribution >= 0.6 is 0 Å². The molecule has 0 spiro atoms.